The van der Waals surface area contributed by atoms with Gasteiger partial charge >= 0.3 is 0 Å². The number of H-pyrrole nitrogens is 1. The fourth-order valence-corrected chi connectivity index (χ4v) is 4.85. The molecule has 6 nitrogen and oxygen atoms in total. The van der Waals surface area contributed by atoms with Gasteiger partial charge in [0.25, 0.3) is 0 Å². The van der Waals surface area contributed by atoms with Crippen molar-refractivity contribution in [3.05, 3.63) is 36.2 Å². The average Bonchev–Trinajstić information content (AvgIpc) is 2.99. The maximum atomic E-state index is 12.7. The van der Waals surface area contributed by atoms with Crippen molar-refractivity contribution in [2.75, 3.05) is 0 Å². The van der Waals surface area contributed by atoms with Crippen LogP contribution in [0.25, 0.3) is 21.8 Å². The minimum atomic E-state index is -3.56. The van der Waals surface area contributed by atoms with Crippen LogP contribution < -0.4 is 4.72 Å². The van der Waals surface area contributed by atoms with Crippen LogP contribution in [0.4, 0.5) is 0 Å². The molecule has 0 aliphatic heterocycles. The molecule has 2 N–H and O–H groups in total. The second kappa shape index (κ2) is 6.14. The van der Waals surface area contributed by atoms with Gasteiger partial charge in [0.2, 0.25) is 10.0 Å². The molecule has 0 saturated heterocycles. The summed E-state index contributed by atoms with van der Waals surface area (Å²) in [6, 6.07) is 8.76. The normalized spacial score (nSPS) is 16.3. The van der Waals surface area contributed by atoms with Crippen molar-refractivity contribution in [2.45, 2.75) is 43.0 Å². The zero-order valence-electron chi connectivity index (χ0n) is 13.6. The van der Waals surface area contributed by atoms with Gasteiger partial charge in [0.1, 0.15) is 11.8 Å². The number of rotatable bonds is 3. The van der Waals surface area contributed by atoms with Gasteiger partial charge in [-0.25, -0.2) is 18.1 Å². The maximum Gasteiger partial charge on any atom is 0.240 e. The predicted octanol–water partition coefficient (Wildman–Crippen LogP) is 3.20. The van der Waals surface area contributed by atoms with Gasteiger partial charge in [-0.05, 0) is 37.1 Å². The average molecular weight is 354 g/mol. The minimum absolute atomic E-state index is 0.0202. The van der Waals surface area contributed by atoms with Gasteiger partial charge < -0.3 is 4.98 Å². The highest BCUT2D eigenvalue weighted by Gasteiger charge is 2.22. The third-order valence-corrected chi connectivity index (χ3v) is 6.32. The second-order valence-corrected chi connectivity index (χ2v) is 8.23. The van der Waals surface area contributed by atoms with Crippen molar-refractivity contribution >= 4 is 31.8 Å². The zero-order chi connectivity index (χ0) is 17.4. The molecule has 1 saturated carbocycles. The molecule has 1 fully saturated rings. The number of hydrogen-bond donors (Lipinski definition) is 2. The van der Waals surface area contributed by atoms with Gasteiger partial charge in [-0.2, -0.15) is 5.26 Å². The van der Waals surface area contributed by atoms with Gasteiger partial charge in [-0.3, -0.25) is 0 Å². The van der Waals surface area contributed by atoms with E-state index in [0.29, 0.717) is 5.69 Å². The number of benzene rings is 1. The standard InChI is InChI=1S/C18H18N4O2S/c19-10-13-8-15-16-9-14(6-7-17(16)21-18(15)11-20-13)25(23,24)22-12-4-2-1-3-5-12/h6-9,11-12,21-22H,1-5H2. The van der Waals surface area contributed by atoms with E-state index < -0.39 is 10.0 Å². The fourth-order valence-electron chi connectivity index (χ4n) is 3.51. The monoisotopic (exact) mass is 354 g/mol. The van der Waals surface area contributed by atoms with E-state index >= 15 is 0 Å². The number of sulfonamides is 1. The van der Waals surface area contributed by atoms with Crippen LogP contribution in [0.15, 0.2) is 35.4 Å². The van der Waals surface area contributed by atoms with Gasteiger partial charge in [0.05, 0.1) is 16.6 Å². The molecular weight excluding hydrogens is 336 g/mol. The van der Waals surface area contributed by atoms with Crippen LogP contribution in [0.5, 0.6) is 0 Å². The summed E-state index contributed by atoms with van der Waals surface area (Å²) in [6.07, 6.45) is 6.70. The smallest absolute Gasteiger partial charge is 0.240 e. The highest BCUT2D eigenvalue weighted by Crippen LogP contribution is 2.28. The molecule has 7 heteroatoms. The SMILES string of the molecule is N#Cc1cc2c(cn1)[nH]c1ccc(S(=O)(=O)NC3CCCCC3)cc12. The van der Waals surface area contributed by atoms with Crippen molar-refractivity contribution in [3.63, 3.8) is 0 Å². The second-order valence-electron chi connectivity index (χ2n) is 6.52. The topological polar surface area (TPSA) is 98.6 Å². The first-order chi connectivity index (χ1) is 12.1. The molecule has 1 aromatic carbocycles. The summed E-state index contributed by atoms with van der Waals surface area (Å²) in [5.74, 6) is 0. The summed E-state index contributed by atoms with van der Waals surface area (Å²) in [6.45, 7) is 0. The van der Waals surface area contributed by atoms with Crippen LogP contribution in [0, 0.1) is 11.3 Å². The molecule has 1 aliphatic carbocycles. The van der Waals surface area contributed by atoms with Gasteiger partial charge in [-0.15, -0.1) is 0 Å². The van der Waals surface area contributed by atoms with Crippen molar-refractivity contribution in [3.8, 4) is 6.07 Å². The molecule has 0 amide bonds. The number of nitriles is 1. The van der Waals surface area contributed by atoms with Crippen LogP contribution >= 0.6 is 0 Å². The molecule has 0 unspecified atom stereocenters. The van der Waals surface area contributed by atoms with E-state index in [2.05, 4.69) is 14.7 Å². The molecule has 2 heterocycles. The Morgan fingerprint density at radius 1 is 1.12 bits per heavy atom. The first-order valence-electron chi connectivity index (χ1n) is 8.41. The van der Waals surface area contributed by atoms with E-state index in [1.165, 1.54) is 6.42 Å². The first-order valence-corrected chi connectivity index (χ1v) is 9.89. The van der Waals surface area contributed by atoms with E-state index in [0.717, 1.165) is 47.5 Å². The third kappa shape index (κ3) is 2.99. The van der Waals surface area contributed by atoms with Crippen LogP contribution in [0.3, 0.4) is 0 Å². The summed E-state index contributed by atoms with van der Waals surface area (Å²) >= 11 is 0. The van der Waals surface area contributed by atoms with Gasteiger partial charge in [-0.1, -0.05) is 19.3 Å². The van der Waals surface area contributed by atoms with Crippen molar-refractivity contribution < 1.29 is 8.42 Å². The fraction of sp³-hybridized carbons (Fsp3) is 0.333. The molecule has 1 aliphatic rings. The lowest BCUT2D eigenvalue weighted by molar-refractivity contribution is 0.412. The lowest BCUT2D eigenvalue weighted by Gasteiger charge is -2.22. The number of nitrogens with one attached hydrogen (secondary N) is 2. The molecule has 2 aromatic heterocycles. The summed E-state index contributed by atoms with van der Waals surface area (Å²) in [5, 5.41) is 10.6. The zero-order valence-corrected chi connectivity index (χ0v) is 14.4. The van der Waals surface area contributed by atoms with E-state index in [4.69, 9.17) is 5.26 Å². The van der Waals surface area contributed by atoms with Crippen molar-refractivity contribution in [1.82, 2.24) is 14.7 Å². The molecule has 25 heavy (non-hydrogen) atoms. The third-order valence-electron chi connectivity index (χ3n) is 4.81. The molecule has 4 rings (SSSR count). The quantitative estimate of drug-likeness (QED) is 0.754. The van der Waals surface area contributed by atoms with Crippen LogP contribution in [0.2, 0.25) is 0 Å². The Morgan fingerprint density at radius 2 is 1.88 bits per heavy atom. The molecule has 128 valence electrons. The lowest BCUT2D eigenvalue weighted by Crippen LogP contribution is -2.36. The Hall–Kier alpha value is -2.43. The number of nitrogens with zero attached hydrogens (tertiary/aromatic N) is 2. The first kappa shape index (κ1) is 16.1. The predicted molar refractivity (Wildman–Crippen MR) is 95.5 cm³/mol. The lowest BCUT2D eigenvalue weighted by atomic mass is 9.96. The highest BCUT2D eigenvalue weighted by atomic mass is 32.2. The van der Waals surface area contributed by atoms with Crippen LogP contribution in [-0.2, 0) is 10.0 Å². The Balaban J connectivity index is 1.77. The Morgan fingerprint density at radius 3 is 2.64 bits per heavy atom. The van der Waals surface area contributed by atoms with E-state index in [9.17, 15) is 8.42 Å². The van der Waals surface area contributed by atoms with E-state index in [-0.39, 0.29) is 10.9 Å². The molecule has 0 spiro atoms. The maximum absolute atomic E-state index is 12.7. The molecule has 0 atom stereocenters. The number of pyridine rings is 1. The number of aromatic nitrogens is 2. The van der Waals surface area contributed by atoms with Crippen molar-refractivity contribution in [2.24, 2.45) is 0 Å². The van der Waals surface area contributed by atoms with Crippen LogP contribution in [0.1, 0.15) is 37.8 Å². The summed E-state index contributed by atoms with van der Waals surface area (Å²) < 4.78 is 28.3. The Kier molecular flexibility index (Phi) is 3.94. The Bertz CT molecular complexity index is 1090. The van der Waals surface area contributed by atoms with E-state index in [1.54, 1.807) is 30.5 Å². The molecular formula is C18H18N4O2S. The van der Waals surface area contributed by atoms with Crippen LogP contribution in [-0.4, -0.2) is 24.4 Å². The highest BCUT2D eigenvalue weighted by molar-refractivity contribution is 7.89. The Labute approximate surface area is 145 Å². The minimum Gasteiger partial charge on any atom is -0.353 e. The summed E-state index contributed by atoms with van der Waals surface area (Å²) in [7, 11) is -3.56. The number of aromatic amines is 1. The number of hydrogen-bond acceptors (Lipinski definition) is 4. The summed E-state index contributed by atoms with van der Waals surface area (Å²) in [5.41, 5.74) is 1.91. The summed E-state index contributed by atoms with van der Waals surface area (Å²) in [4.78, 5) is 7.50. The molecule has 0 radical (unpaired) electrons. The van der Waals surface area contributed by atoms with Gasteiger partial charge in [0, 0.05) is 22.3 Å². The van der Waals surface area contributed by atoms with Crippen molar-refractivity contribution in [1.29, 1.82) is 5.26 Å². The molecule has 3 aromatic rings. The molecule has 0 bridgehead atoms. The largest absolute Gasteiger partial charge is 0.353 e. The number of fused-ring (bicyclic) bond motifs is 3. The van der Waals surface area contributed by atoms with E-state index in [1.807, 2.05) is 6.07 Å². The van der Waals surface area contributed by atoms with Gasteiger partial charge in [0.15, 0.2) is 0 Å².